The lowest BCUT2D eigenvalue weighted by atomic mass is 9.84. The molecule has 3 aromatic carbocycles. The van der Waals surface area contributed by atoms with Gasteiger partial charge >= 0.3 is 0 Å². The molecule has 0 spiro atoms. The summed E-state index contributed by atoms with van der Waals surface area (Å²) in [5, 5.41) is 9.64. The van der Waals surface area contributed by atoms with Crippen molar-refractivity contribution in [3.05, 3.63) is 83.7 Å². The third-order valence-electron chi connectivity index (χ3n) is 6.28. The molecule has 0 aromatic heterocycles. The Kier molecular flexibility index (Phi) is 6.10. The summed E-state index contributed by atoms with van der Waals surface area (Å²) in [6.07, 6.45) is 6.37. The van der Waals surface area contributed by atoms with Crippen LogP contribution in [-0.2, 0) is 6.42 Å². The molecule has 1 aliphatic rings. The Balaban J connectivity index is 1.42. The number of rotatable bonds is 5. The van der Waals surface area contributed by atoms with Crippen molar-refractivity contribution in [3.63, 3.8) is 0 Å². The summed E-state index contributed by atoms with van der Waals surface area (Å²) in [5.74, 6) is 0.552. The van der Waals surface area contributed by atoms with Gasteiger partial charge in [0.15, 0.2) is 0 Å². The van der Waals surface area contributed by atoms with Crippen molar-refractivity contribution in [2.45, 2.75) is 51.6 Å². The van der Waals surface area contributed by atoms with Gasteiger partial charge in [0.1, 0.15) is 5.82 Å². The highest BCUT2D eigenvalue weighted by atomic mass is 19.1. The van der Waals surface area contributed by atoms with Gasteiger partial charge in [-0.2, -0.15) is 0 Å². The van der Waals surface area contributed by atoms with E-state index in [2.05, 4.69) is 24.3 Å². The lowest BCUT2D eigenvalue weighted by molar-refractivity contribution is 0.106. The van der Waals surface area contributed by atoms with Gasteiger partial charge in [-0.15, -0.1) is 0 Å². The zero-order valence-corrected chi connectivity index (χ0v) is 17.1. The minimum Gasteiger partial charge on any atom is -0.393 e. The summed E-state index contributed by atoms with van der Waals surface area (Å²) in [7, 11) is 0. The highest BCUT2D eigenvalue weighted by molar-refractivity contribution is 5.71. The predicted molar refractivity (Wildman–Crippen MR) is 118 cm³/mol. The molecule has 2 heteroatoms. The summed E-state index contributed by atoms with van der Waals surface area (Å²) in [6.45, 7) is 2.03. The van der Waals surface area contributed by atoms with Crippen molar-refractivity contribution < 1.29 is 9.50 Å². The fraction of sp³-hybridized carbons (Fsp3) is 0.333. The molecule has 1 nitrogen and oxygen atoms in total. The molecule has 3 aromatic rings. The molecule has 4 rings (SSSR count). The first-order valence-electron chi connectivity index (χ1n) is 10.7. The van der Waals surface area contributed by atoms with E-state index in [4.69, 9.17) is 0 Å². The van der Waals surface area contributed by atoms with Gasteiger partial charge < -0.3 is 5.11 Å². The normalized spacial score (nSPS) is 19.3. The average Bonchev–Trinajstić information content (AvgIpc) is 2.74. The Labute approximate surface area is 173 Å². The topological polar surface area (TPSA) is 20.2 Å². The van der Waals surface area contributed by atoms with Crippen molar-refractivity contribution >= 4 is 0 Å². The van der Waals surface area contributed by atoms with E-state index in [1.54, 1.807) is 6.07 Å². The van der Waals surface area contributed by atoms with Crippen LogP contribution in [0.1, 0.15) is 43.2 Å². The fourth-order valence-electron chi connectivity index (χ4n) is 4.33. The standard InChI is InChI=1S/C27H29FO/c1-19-2-10-23(11-3-19)26-17-14-24(18-27(26)28)22-12-6-20(7-13-22)4-5-21-8-15-25(29)16-9-21/h2-3,6-7,10-14,17-18,21,25,29H,4-5,8-9,15-16H2,1H3. The Morgan fingerprint density at radius 2 is 1.41 bits per heavy atom. The maximum atomic E-state index is 14.7. The van der Waals surface area contributed by atoms with Gasteiger partial charge in [-0.3, -0.25) is 0 Å². The van der Waals surface area contributed by atoms with Gasteiger partial charge in [0.05, 0.1) is 6.10 Å². The molecule has 0 bridgehead atoms. The van der Waals surface area contributed by atoms with Crippen LogP contribution in [-0.4, -0.2) is 11.2 Å². The maximum absolute atomic E-state index is 14.7. The molecule has 0 amide bonds. The number of aliphatic hydroxyl groups is 1. The molecule has 0 radical (unpaired) electrons. The van der Waals surface area contributed by atoms with Crippen molar-refractivity contribution in [3.8, 4) is 22.3 Å². The third-order valence-corrected chi connectivity index (χ3v) is 6.28. The van der Waals surface area contributed by atoms with E-state index in [1.165, 1.54) is 17.5 Å². The molecular weight excluding hydrogens is 359 g/mol. The largest absolute Gasteiger partial charge is 0.393 e. The van der Waals surface area contributed by atoms with Crippen molar-refractivity contribution in [1.29, 1.82) is 0 Å². The Hall–Kier alpha value is -2.45. The first-order chi connectivity index (χ1) is 14.1. The van der Waals surface area contributed by atoms with Gasteiger partial charge in [-0.25, -0.2) is 4.39 Å². The van der Waals surface area contributed by atoms with Gasteiger partial charge in [-0.05, 0) is 79.7 Å². The molecule has 0 atom stereocenters. The molecule has 150 valence electrons. The number of halogens is 1. The van der Waals surface area contributed by atoms with Gasteiger partial charge in [0.2, 0.25) is 0 Å². The predicted octanol–water partition coefficient (Wildman–Crippen LogP) is 6.95. The van der Waals surface area contributed by atoms with Crippen molar-refractivity contribution in [2.75, 3.05) is 0 Å². The van der Waals surface area contributed by atoms with Crippen molar-refractivity contribution in [2.24, 2.45) is 5.92 Å². The molecule has 29 heavy (non-hydrogen) atoms. The maximum Gasteiger partial charge on any atom is 0.131 e. The monoisotopic (exact) mass is 388 g/mol. The van der Waals surface area contributed by atoms with E-state index >= 15 is 0 Å². The second-order valence-electron chi connectivity index (χ2n) is 8.47. The van der Waals surface area contributed by atoms with Crippen LogP contribution in [0.4, 0.5) is 4.39 Å². The molecule has 1 saturated carbocycles. The molecule has 1 aliphatic carbocycles. The van der Waals surface area contributed by atoms with Crippen LogP contribution in [0.15, 0.2) is 66.7 Å². The minimum absolute atomic E-state index is 0.0803. The van der Waals surface area contributed by atoms with E-state index in [-0.39, 0.29) is 11.9 Å². The molecule has 0 heterocycles. The highest BCUT2D eigenvalue weighted by Gasteiger charge is 2.19. The lowest BCUT2D eigenvalue weighted by Gasteiger charge is -2.25. The van der Waals surface area contributed by atoms with Crippen LogP contribution in [0.2, 0.25) is 0 Å². The average molecular weight is 389 g/mol. The van der Waals surface area contributed by atoms with Gasteiger partial charge in [0, 0.05) is 5.56 Å². The quantitative estimate of drug-likeness (QED) is 0.501. The number of aliphatic hydroxyl groups excluding tert-OH is 1. The van der Waals surface area contributed by atoms with E-state index in [0.29, 0.717) is 5.56 Å². The lowest BCUT2D eigenvalue weighted by Crippen LogP contribution is -2.18. The summed E-state index contributed by atoms with van der Waals surface area (Å²) >= 11 is 0. The molecule has 0 saturated heterocycles. The Morgan fingerprint density at radius 3 is 2.07 bits per heavy atom. The number of benzene rings is 3. The van der Waals surface area contributed by atoms with Crippen LogP contribution in [0.3, 0.4) is 0 Å². The Bertz CT molecular complexity index is 935. The highest BCUT2D eigenvalue weighted by Crippen LogP contribution is 2.30. The van der Waals surface area contributed by atoms with Crippen LogP contribution in [0, 0.1) is 18.7 Å². The summed E-state index contributed by atoms with van der Waals surface area (Å²) < 4.78 is 14.7. The molecule has 0 unspecified atom stereocenters. The van der Waals surface area contributed by atoms with E-state index in [9.17, 15) is 9.50 Å². The van der Waals surface area contributed by atoms with E-state index in [1.807, 2.05) is 43.3 Å². The second-order valence-corrected chi connectivity index (χ2v) is 8.47. The first kappa shape index (κ1) is 19.8. The summed E-state index contributed by atoms with van der Waals surface area (Å²) in [4.78, 5) is 0. The van der Waals surface area contributed by atoms with Gasteiger partial charge in [-0.1, -0.05) is 66.2 Å². The number of hydrogen-bond donors (Lipinski definition) is 1. The van der Waals surface area contributed by atoms with Crippen LogP contribution < -0.4 is 0 Å². The Morgan fingerprint density at radius 1 is 0.793 bits per heavy atom. The summed E-state index contributed by atoms with van der Waals surface area (Å²) in [5.41, 5.74) is 6.01. The van der Waals surface area contributed by atoms with Crippen LogP contribution in [0.5, 0.6) is 0 Å². The van der Waals surface area contributed by atoms with E-state index in [0.717, 1.165) is 54.7 Å². The zero-order chi connectivity index (χ0) is 20.2. The second kappa shape index (κ2) is 8.92. The SMILES string of the molecule is Cc1ccc(-c2ccc(-c3ccc(CCC4CCC(O)CC4)cc3)cc2F)cc1. The molecule has 1 N–H and O–H groups in total. The molecular formula is C27H29FO. The summed E-state index contributed by atoms with van der Waals surface area (Å²) in [6, 6.07) is 22.0. The smallest absolute Gasteiger partial charge is 0.131 e. The molecule has 1 fully saturated rings. The third kappa shape index (κ3) is 4.94. The zero-order valence-electron chi connectivity index (χ0n) is 17.1. The first-order valence-corrected chi connectivity index (χ1v) is 10.7. The fourth-order valence-corrected chi connectivity index (χ4v) is 4.33. The van der Waals surface area contributed by atoms with Crippen molar-refractivity contribution in [1.82, 2.24) is 0 Å². The van der Waals surface area contributed by atoms with Crippen LogP contribution >= 0.6 is 0 Å². The van der Waals surface area contributed by atoms with E-state index < -0.39 is 0 Å². The van der Waals surface area contributed by atoms with Gasteiger partial charge in [0.25, 0.3) is 0 Å². The minimum atomic E-state index is -0.185. The number of hydrogen-bond acceptors (Lipinski definition) is 1. The van der Waals surface area contributed by atoms with Crippen LogP contribution in [0.25, 0.3) is 22.3 Å². The molecule has 0 aliphatic heterocycles. The number of aryl methyl sites for hydroxylation is 2.